The molecule has 23 heavy (non-hydrogen) atoms. The van der Waals surface area contributed by atoms with Crippen LogP contribution in [-0.4, -0.2) is 13.1 Å². The lowest BCUT2D eigenvalue weighted by Crippen LogP contribution is -2.07. The minimum Gasteiger partial charge on any atom is -0.497 e. The van der Waals surface area contributed by atoms with E-state index >= 15 is 0 Å². The number of aryl methyl sites for hydroxylation is 1. The summed E-state index contributed by atoms with van der Waals surface area (Å²) in [6.07, 6.45) is 4.50. The first-order chi connectivity index (χ1) is 11.2. The maximum Gasteiger partial charge on any atom is 0.310 e. The summed E-state index contributed by atoms with van der Waals surface area (Å²) in [4.78, 5) is 11.4. The zero-order valence-electron chi connectivity index (χ0n) is 13.5. The summed E-state index contributed by atoms with van der Waals surface area (Å²) < 4.78 is 10.6. The van der Waals surface area contributed by atoms with Crippen LogP contribution in [0.2, 0.25) is 0 Å². The van der Waals surface area contributed by atoms with Gasteiger partial charge in [-0.25, -0.2) is 0 Å². The Hall–Kier alpha value is -2.55. The molecule has 0 spiro atoms. The van der Waals surface area contributed by atoms with E-state index in [-0.39, 0.29) is 5.97 Å². The van der Waals surface area contributed by atoms with Crippen molar-refractivity contribution in [2.75, 3.05) is 7.11 Å². The summed E-state index contributed by atoms with van der Waals surface area (Å²) in [5.41, 5.74) is 4.90. The highest BCUT2D eigenvalue weighted by molar-refractivity contribution is 5.85. The minimum absolute atomic E-state index is 0.201. The van der Waals surface area contributed by atoms with Gasteiger partial charge in [0, 0.05) is 6.42 Å². The summed E-state index contributed by atoms with van der Waals surface area (Å²) >= 11 is 0. The third-order valence-corrected chi connectivity index (χ3v) is 4.07. The lowest BCUT2D eigenvalue weighted by atomic mass is 9.88. The highest BCUT2D eigenvalue weighted by Crippen LogP contribution is 2.33. The largest absolute Gasteiger partial charge is 0.497 e. The number of allylic oxidation sites excluding steroid dienone is 1. The Bertz CT molecular complexity index is 759. The fraction of sp³-hybridized carbons (Fsp3) is 0.250. The molecule has 3 rings (SSSR count). The van der Waals surface area contributed by atoms with Crippen molar-refractivity contribution in [1.29, 1.82) is 0 Å². The topological polar surface area (TPSA) is 35.5 Å². The third kappa shape index (κ3) is 3.45. The normalized spacial score (nSPS) is 13.0. The second-order valence-electron chi connectivity index (χ2n) is 5.59. The maximum atomic E-state index is 11.4. The number of benzene rings is 2. The number of esters is 1. The van der Waals surface area contributed by atoms with Gasteiger partial charge in [0.15, 0.2) is 0 Å². The van der Waals surface area contributed by atoms with Crippen molar-refractivity contribution < 1.29 is 14.3 Å². The molecule has 1 aliphatic rings. The molecule has 3 nitrogen and oxygen atoms in total. The molecule has 0 N–H and O–H groups in total. The Labute approximate surface area is 136 Å². The molecule has 118 valence electrons. The number of ether oxygens (including phenoxy) is 2. The van der Waals surface area contributed by atoms with Crippen LogP contribution in [-0.2, 0) is 11.2 Å². The van der Waals surface area contributed by atoms with Crippen molar-refractivity contribution in [2.45, 2.75) is 26.2 Å². The number of fused-ring (bicyclic) bond motifs is 1. The average Bonchev–Trinajstić information content (AvgIpc) is 2.61. The lowest BCUT2D eigenvalue weighted by molar-refractivity contribution is -0.134. The Morgan fingerprint density at radius 3 is 2.74 bits per heavy atom. The van der Waals surface area contributed by atoms with E-state index in [1.807, 2.05) is 30.3 Å². The van der Waals surface area contributed by atoms with E-state index < -0.39 is 0 Å². The zero-order chi connectivity index (χ0) is 16.2. The van der Waals surface area contributed by atoms with Gasteiger partial charge in [-0.2, -0.15) is 0 Å². The fourth-order valence-electron chi connectivity index (χ4n) is 2.79. The van der Waals surface area contributed by atoms with E-state index in [0.717, 1.165) is 18.6 Å². The van der Waals surface area contributed by atoms with Crippen LogP contribution in [0, 0.1) is 0 Å². The van der Waals surface area contributed by atoms with Crippen LogP contribution in [0.3, 0.4) is 0 Å². The number of hydrogen-bond donors (Lipinski definition) is 0. The number of rotatable bonds is 4. The number of carbonyl (C=O) groups excluding carboxylic acids is 1. The molecule has 0 atom stereocenters. The predicted molar refractivity (Wildman–Crippen MR) is 91.6 cm³/mol. The van der Waals surface area contributed by atoms with Gasteiger partial charge in [-0.05, 0) is 59.4 Å². The van der Waals surface area contributed by atoms with Gasteiger partial charge in [-0.3, -0.25) is 4.79 Å². The van der Waals surface area contributed by atoms with Gasteiger partial charge in [-0.15, -0.1) is 0 Å². The molecule has 3 heteroatoms. The average molecular weight is 308 g/mol. The summed E-state index contributed by atoms with van der Waals surface area (Å²) in [6, 6.07) is 14.0. The molecule has 0 aliphatic heterocycles. The van der Waals surface area contributed by atoms with E-state index in [9.17, 15) is 4.79 Å². The monoisotopic (exact) mass is 308 g/mol. The molecule has 1 aliphatic carbocycles. The molecule has 0 amide bonds. The van der Waals surface area contributed by atoms with E-state index in [2.05, 4.69) is 18.2 Å². The second kappa shape index (κ2) is 6.69. The molecule has 0 radical (unpaired) electrons. The Morgan fingerprint density at radius 2 is 1.96 bits per heavy atom. The first-order valence-corrected chi connectivity index (χ1v) is 7.88. The van der Waals surface area contributed by atoms with Gasteiger partial charge >= 0.3 is 5.97 Å². The van der Waals surface area contributed by atoms with E-state index in [4.69, 9.17) is 9.47 Å². The van der Waals surface area contributed by atoms with Crippen LogP contribution in [0.1, 0.15) is 36.5 Å². The Morgan fingerprint density at radius 1 is 1.09 bits per heavy atom. The quantitative estimate of drug-likeness (QED) is 0.616. The van der Waals surface area contributed by atoms with Crippen LogP contribution in [0.4, 0.5) is 0 Å². The highest BCUT2D eigenvalue weighted by Gasteiger charge is 2.14. The first-order valence-electron chi connectivity index (χ1n) is 7.88. The molecular weight excluding hydrogens is 288 g/mol. The SMILES string of the molecule is CCC(=O)Oc1ccc2c(c1)CCC(c1cccc(OC)c1)=C2. The summed E-state index contributed by atoms with van der Waals surface area (Å²) in [5, 5.41) is 0. The van der Waals surface area contributed by atoms with Gasteiger partial charge in [0.25, 0.3) is 0 Å². The summed E-state index contributed by atoms with van der Waals surface area (Å²) in [7, 11) is 1.68. The third-order valence-electron chi connectivity index (χ3n) is 4.07. The zero-order valence-corrected chi connectivity index (χ0v) is 13.5. The van der Waals surface area contributed by atoms with Crippen molar-refractivity contribution in [3.05, 3.63) is 59.2 Å². The highest BCUT2D eigenvalue weighted by atomic mass is 16.5. The van der Waals surface area contributed by atoms with Crippen molar-refractivity contribution in [1.82, 2.24) is 0 Å². The van der Waals surface area contributed by atoms with Crippen LogP contribution in [0.5, 0.6) is 11.5 Å². The van der Waals surface area contributed by atoms with Crippen molar-refractivity contribution in [2.24, 2.45) is 0 Å². The second-order valence-corrected chi connectivity index (χ2v) is 5.59. The number of carbonyl (C=O) groups is 1. The van der Waals surface area contributed by atoms with Crippen LogP contribution in [0.25, 0.3) is 11.6 Å². The standard InChI is InChI=1S/C20H20O3/c1-3-20(21)23-19-10-9-16-11-15(7-8-17(16)13-19)14-5-4-6-18(12-14)22-2/h4-6,9-13H,3,7-8H2,1-2H3. The fourth-order valence-corrected chi connectivity index (χ4v) is 2.79. The Kier molecular flexibility index (Phi) is 4.47. The van der Waals surface area contributed by atoms with Gasteiger partial charge < -0.3 is 9.47 Å². The van der Waals surface area contributed by atoms with Crippen LogP contribution < -0.4 is 9.47 Å². The molecule has 0 saturated carbocycles. The van der Waals surface area contributed by atoms with Gasteiger partial charge in [0.2, 0.25) is 0 Å². The van der Waals surface area contributed by atoms with Crippen molar-refractivity contribution in [3.8, 4) is 11.5 Å². The molecule has 2 aromatic rings. The molecule has 0 unspecified atom stereocenters. The molecule has 0 saturated heterocycles. The Balaban J connectivity index is 1.87. The van der Waals surface area contributed by atoms with Crippen molar-refractivity contribution in [3.63, 3.8) is 0 Å². The predicted octanol–water partition coefficient (Wildman–Crippen LogP) is 4.50. The van der Waals surface area contributed by atoms with Crippen LogP contribution in [0.15, 0.2) is 42.5 Å². The number of methoxy groups -OCH3 is 1. The molecule has 0 aromatic heterocycles. The molecular formula is C20H20O3. The molecule has 0 heterocycles. The smallest absolute Gasteiger partial charge is 0.310 e. The van der Waals surface area contributed by atoms with E-state index in [1.165, 1.54) is 22.3 Å². The van der Waals surface area contributed by atoms with Gasteiger partial charge in [-0.1, -0.05) is 31.2 Å². The lowest BCUT2D eigenvalue weighted by Gasteiger charge is -2.18. The van der Waals surface area contributed by atoms with E-state index in [1.54, 1.807) is 14.0 Å². The van der Waals surface area contributed by atoms with Crippen LogP contribution >= 0.6 is 0 Å². The summed E-state index contributed by atoms with van der Waals surface area (Å²) in [5.74, 6) is 1.30. The first kappa shape index (κ1) is 15.3. The van der Waals surface area contributed by atoms with E-state index in [0.29, 0.717) is 12.2 Å². The maximum absolute atomic E-state index is 11.4. The molecule has 0 bridgehead atoms. The van der Waals surface area contributed by atoms with Gasteiger partial charge in [0.05, 0.1) is 7.11 Å². The molecule has 0 fully saturated rings. The van der Waals surface area contributed by atoms with Gasteiger partial charge in [0.1, 0.15) is 11.5 Å². The minimum atomic E-state index is -0.201. The van der Waals surface area contributed by atoms with Crippen molar-refractivity contribution >= 4 is 17.6 Å². The summed E-state index contributed by atoms with van der Waals surface area (Å²) in [6.45, 7) is 1.80. The molecule has 2 aromatic carbocycles. The number of hydrogen-bond acceptors (Lipinski definition) is 3.